The van der Waals surface area contributed by atoms with Gasteiger partial charge in [-0.3, -0.25) is 4.79 Å². The molecule has 3 nitrogen and oxygen atoms in total. The quantitative estimate of drug-likeness (QED) is 0.618. The second-order valence-corrected chi connectivity index (χ2v) is 4.34. The lowest BCUT2D eigenvalue weighted by Gasteiger charge is -2.18. The lowest BCUT2D eigenvalue weighted by molar-refractivity contribution is 0.0977. The summed E-state index contributed by atoms with van der Waals surface area (Å²) in [5.74, 6) is -0.0413. The molecule has 1 aromatic carbocycles. The maximum atomic E-state index is 11.6. The minimum absolute atomic E-state index is 0.0339. The second kappa shape index (κ2) is 2.50. The molecule has 1 aromatic rings. The van der Waals surface area contributed by atoms with E-state index in [0.717, 1.165) is 0 Å². The molecule has 0 fully saturated rings. The molecule has 0 amide bonds. The van der Waals surface area contributed by atoms with Gasteiger partial charge in [-0.1, -0.05) is 13.8 Å². The number of carbonyl (C=O) groups excluding carboxylic acids is 1. The summed E-state index contributed by atoms with van der Waals surface area (Å²) in [6, 6.07) is 2.78. The van der Waals surface area contributed by atoms with Gasteiger partial charge in [0.05, 0.1) is 5.56 Å². The number of benzene rings is 1. The van der Waals surface area contributed by atoms with Gasteiger partial charge in [-0.25, -0.2) is 0 Å². The van der Waals surface area contributed by atoms with Crippen molar-refractivity contribution in [2.45, 2.75) is 25.7 Å². The maximum absolute atomic E-state index is 11.6. The van der Waals surface area contributed by atoms with Crippen molar-refractivity contribution >= 4 is 5.78 Å². The summed E-state index contributed by atoms with van der Waals surface area (Å²) in [7, 11) is 0. The summed E-state index contributed by atoms with van der Waals surface area (Å²) in [5, 5.41) is 19.2. The predicted molar refractivity (Wildman–Crippen MR) is 51.7 cm³/mol. The number of phenolic OH excluding ortho intramolecular Hbond substituents is 2. The molecule has 0 saturated carbocycles. The van der Waals surface area contributed by atoms with E-state index in [-0.39, 0.29) is 28.3 Å². The molecule has 0 radical (unpaired) electrons. The monoisotopic (exact) mass is 192 g/mol. The van der Waals surface area contributed by atoms with Crippen LogP contribution in [0.1, 0.15) is 36.2 Å². The van der Waals surface area contributed by atoms with E-state index in [1.807, 2.05) is 13.8 Å². The van der Waals surface area contributed by atoms with Gasteiger partial charge >= 0.3 is 0 Å². The van der Waals surface area contributed by atoms with Crippen molar-refractivity contribution in [3.63, 3.8) is 0 Å². The number of ketones is 1. The molecular weight excluding hydrogens is 180 g/mol. The maximum Gasteiger partial charge on any atom is 0.167 e. The lowest BCUT2D eigenvalue weighted by atomic mass is 9.86. The highest BCUT2D eigenvalue weighted by atomic mass is 16.3. The third-order valence-corrected chi connectivity index (χ3v) is 2.72. The summed E-state index contributed by atoms with van der Waals surface area (Å²) in [6.45, 7) is 3.77. The highest BCUT2D eigenvalue weighted by Crippen LogP contribution is 2.46. The van der Waals surface area contributed by atoms with Gasteiger partial charge in [0.1, 0.15) is 11.5 Å². The fraction of sp³-hybridized carbons (Fsp3) is 0.364. The highest BCUT2D eigenvalue weighted by molar-refractivity contribution is 6.05. The van der Waals surface area contributed by atoms with Crippen LogP contribution in [0.25, 0.3) is 0 Å². The first-order chi connectivity index (χ1) is 6.43. The zero-order valence-electron chi connectivity index (χ0n) is 8.16. The molecule has 1 aliphatic carbocycles. The van der Waals surface area contributed by atoms with Crippen molar-refractivity contribution in [3.05, 3.63) is 23.3 Å². The number of aromatic hydroxyl groups is 2. The van der Waals surface area contributed by atoms with E-state index in [0.29, 0.717) is 12.0 Å². The van der Waals surface area contributed by atoms with E-state index >= 15 is 0 Å². The Morgan fingerprint density at radius 1 is 1.21 bits per heavy atom. The van der Waals surface area contributed by atoms with Gasteiger partial charge < -0.3 is 10.2 Å². The Morgan fingerprint density at radius 3 is 2.36 bits per heavy atom. The van der Waals surface area contributed by atoms with Crippen molar-refractivity contribution in [2.75, 3.05) is 0 Å². The molecule has 2 N–H and O–H groups in total. The summed E-state index contributed by atoms with van der Waals surface area (Å²) >= 11 is 0. The predicted octanol–water partition coefficient (Wildman–Crippen LogP) is 1.96. The van der Waals surface area contributed by atoms with Gasteiger partial charge in [-0.2, -0.15) is 0 Å². The molecule has 0 aromatic heterocycles. The number of carbonyl (C=O) groups is 1. The molecule has 0 bridgehead atoms. The van der Waals surface area contributed by atoms with Crippen LogP contribution in [-0.4, -0.2) is 16.0 Å². The average molecular weight is 192 g/mol. The molecule has 1 aliphatic rings. The number of Topliss-reactive ketones (excluding diaryl/α,β-unsaturated/α-hetero) is 1. The molecule has 3 heteroatoms. The van der Waals surface area contributed by atoms with Gasteiger partial charge in [0, 0.05) is 17.4 Å². The highest BCUT2D eigenvalue weighted by Gasteiger charge is 2.39. The minimum Gasteiger partial charge on any atom is -0.508 e. The third kappa shape index (κ3) is 1.02. The Kier molecular flexibility index (Phi) is 1.62. The number of phenols is 2. The van der Waals surface area contributed by atoms with Crippen LogP contribution in [0.15, 0.2) is 12.1 Å². The molecule has 0 saturated heterocycles. The first-order valence-electron chi connectivity index (χ1n) is 4.52. The molecule has 0 heterocycles. The topological polar surface area (TPSA) is 57.5 Å². The van der Waals surface area contributed by atoms with E-state index in [4.69, 9.17) is 0 Å². The molecule has 0 atom stereocenters. The fourth-order valence-electron chi connectivity index (χ4n) is 2.13. The Balaban J connectivity index is 2.80. The van der Waals surface area contributed by atoms with Gasteiger partial charge in [0.25, 0.3) is 0 Å². The van der Waals surface area contributed by atoms with Crippen LogP contribution in [-0.2, 0) is 5.41 Å². The standard InChI is InChI=1S/C11H12O3/c1-11(2)5-8(14)9-6(12)3-4-7(13)10(9)11/h3-4,12-13H,5H2,1-2H3. The van der Waals surface area contributed by atoms with E-state index in [9.17, 15) is 15.0 Å². The lowest BCUT2D eigenvalue weighted by Crippen LogP contribution is -2.12. The van der Waals surface area contributed by atoms with Gasteiger partial charge in [0.15, 0.2) is 5.78 Å². The summed E-state index contributed by atoms with van der Waals surface area (Å²) < 4.78 is 0. The summed E-state index contributed by atoms with van der Waals surface area (Å²) in [5.41, 5.74) is 0.479. The molecule has 74 valence electrons. The number of hydrogen-bond acceptors (Lipinski definition) is 3. The van der Waals surface area contributed by atoms with Crippen molar-refractivity contribution < 1.29 is 15.0 Å². The van der Waals surface area contributed by atoms with E-state index in [1.165, 1.54) is 12.1 Å². The van der Waals surface area contributed by atoms with E-state index in [1.54, 1.807) is 0 Å². The number of fused-ring (bicyclic) bond motifs is 1. The third-order valence-electron chi connectivity index (χ3n) is 2.72. The molecule has 2 rings (SSSR count). The van der Waals surface area contributed by atoms with Crippen LogP contribution in [0.2, 0.25) is 0 Å². The van der Waals surface area contributed by atoms with Crippen LogP contribution in [0.3, 0.4) is 0 Å². The normalized spacial score (nSPS) is 18.3. The van der Waals surface area contributed by atoms with Crippen molar-refractivity contribution in [3.8, 4) is 11.5 Å². The van der Waals surface area contributed by atoms with Crippen LogP contribution in [0.5, 0.6) is 11.5 Å². The van der Waals surface area contributed by atoms with Crippen LogP contribution in [0.4, 0.5) is 0 Å². The second-order valence-electron chi connectivity index (χ2n) is 4.34. The van der Waals surface area contributed by atoms with Gasteiger partial charge in [0.2, 0.25) is 0 Å². The Bertz CT molecular complexity index is 419. The first-order valence-corrected chi connectivity index (χ1v) is 4.52. The number of hydrogen-bond donors (Lipinski definition) is 2. The fourth-order valence-corrected chi connectivity index (χ4v) is 2.13. The largest absolute Gasteiger partial charge is 0.508 e. The average Bonchev–Trinajstić information content (AvgIpc) is 2.30. The molecule has 14 heavy (non-hydrogen) atoms. The Hall–Kier alpha value is -1.51. The molecule has 0 unspecified atom stereocenters. The zero-order valence-corrected chi connectivity index (χ0v) is 8.16. The Labute approximate surface area is 82.0 Å². The molecular formula is C11H12O3. The SMILES string of the molecule is CC1(C)CC(=O)c2c(O)ccc(O)c21. The van der Waals surface area contributed by atoms with Crippen LogP contribution in [0, 0.1) is 0 Å². The van der Waals surface area contributed by atoms with E-state index < -0.39 is 0 Å². The van der Waals surface area contributed by atoms with Crippen LogP contribution >= 0.6 is 0 Å². The van der Waals surface area contributed by atoms with Crippen LogP contribution < -0.4 is 0 Å². The first kappa shape index (κ1) is 9.06. The van der Waals surface area contributed by atoms with Gasteiger partial charge in [-0.15, -0.1) is 0 Å². The summed E-state index contributed by atoms with van der Waals surface area (Å²) in [6.07, 6.45) is 0.341. The van der Waals surface area contributed by atoms with Crippen molar-refractivity contribution in [1.82, 2.24) is 0 Å². The van der Waals surface area contributed by atoms with E-state index in [2.05, 4.69) is 0 Å². The smallest absolute Gasteiger partial charge is 0.167 e. The van der Waals surface area contributed by atoms with Gasteiger partial charge in [-0.05, 0) is 12.1 Å². The molecule has 0 aliphatic heterocycles. The van der Waals surface area contributed by atoms with Crippen molar-refractivity contribution in [2.24, 2.45) is 0 Å². The number of rotatable bonds is 0. The van der Waals surface area contributed by atoms with Crippen molar-refractivity contribution in [1.29, 1.82) is 0 Å². The summed E-state index contributed by atoms with van der Waals surface area (Å²) in [4.78, 5) is 11.6. The minimum atomic E-state index is -0.380. The molecule has 0 spiro atoms. The Morgan fingerprint density at radius 2 is 1.79 bits per heavy atom. The zero-order chi connectivity index (χ0) is 10.5.